The maximum Gasteiger partial charge on any atom is 0.318 e. The number of urea groups is 1. The molecule has 0 saturated heterocycles. The summed E-state index contributed by atoms with van der Waals surface area (Å²) in [5.74, 6) is -0.0537. The van der Waals surface area contributed by atoms with Gasteiger partial charge in [-0.2, -0.15) is 0 Å². The fraction of sp³-hybridized carbons (Fsp3) is 0.267. The number of aromatic amines is 1. The average Bonchev–Trinajstić information content (AvgIpc) is 3.33. The maximum absolute atomic E-state index is 13.5. The van der Waals surface area contributed by atoms with E-state index in [1.807, 2.05) is 90.8 Å². The van der Waals surface area contributed by atoms with Gasteiger partial charge in [0.15, 0.2) is 0 Å². The highest BCUT2D eigenvalue weighted by Crippen LogP contribution is 2.19. The number of fused-ring (bicyclic) bond motifs is 1. The van der Waals surface area contributed by atoms with Crippen LogP contribution in [0, 0.1) is 0 Å². The third kappa shape index (κ3) is 6.75. The van der Waals surface area contributed by atoms with Gasteiger partial charge in [-0.15, -0.1) is 0 Å². The fourth-order valence-corrected chi connectivity index (χ4v) is 4.36. The molecule has 0 aliphatic carbocycles. The molecule has 4 rings (SSSR count). The molecular weight excluding hydrogens is 448 g/mol. The monoisotopic (exact) mass is 482 g/mol. The summed E-state index contributed by atoms with van der Waals surface area (Å²) in [7, 11) is 0. The predicted octanol–water partition coefficient (Wildman–Crippen LogP) is 5.36. The van der Waals surface area contributed by atoms with Gasteiger partial charge in [-0.3, -0.25) is 4.79 Å². The second-order valence-electron chi connectivity index (χ2n) is 8.98. The number of nitrogens with zero attached hydrogens (tertiary/aromatic N) is 2. The van der Waals surface area contributed by atoms with Crippen molar-refractivity contribution in [2.24, 2.45) is 0 Å². The van der Waals surface area contributed by atoms with E-state index in [1.54, 1.807) is 4.90 Å². The Morgan fingerprint density at radius 2 is 1.47 bits per heavy atom. The quantitative estimate of drug-likeness (QED) is 0.302. The van der Waals surface area contributed by atoms with E-state index in [0.717, 1.165) is 29.5 Å². The lowest BCUT2D eigenvalue weighted by Crippen LogP contribution is -2.47. The molecule has 0 fully saturated rings. The molecule has 3 aromatic carbocycles. The second kappa shape index (κ2) is 12.6. The van der Waals surface area contributed by atoms with Crippen LogP contribution in [0.4, 0.5) is 4.79 Å². The summed E-state index contributed by atoms with van der Waals surface area (Å²) in [6.45, 7) is 4.10. The molecule has 4 aromatic rings. The van der Waals surface area contributed by atoms with Crippen molar-refractivity contribution < 1.29 is 9.59 Å². The summed E-state index contributed by atoms with van der Waals surface area (Å²) in [5, 5.41) is 4.14. The van der Waals surface area contributed by atoms with Gasteiger partial charge in [0.25, 0.3) is 0 Å². The molecule has 0 bridgehead atoms. The molecule has 0 spiro atoms. The van der Waals surface area contributed by atoms with Crippen molar-refractivity contribution in [1.82, 2.24) is 20.1 Å². The standard InChI is InChI=1S/C30H34N4O2/c1-2-18-34(30(36)32-20-24-11-5-3-6-12-24)23-29(35)33(22-25-13-7-4-8-14-25)19-17-26-21-31-28-16-10-9-15-27(26)28/h3-16,21,31H,2,17-20,22-23H2,1H3,(H,32,36). The third-order valence-corrected chi connectivity index (χ3v) is 6.29. The number of benzene rings is 3. The van der Waals surface area contributed by atoms with Crippen LogP contribution in [0.3, 0.4) is 0 Å². The molecule has 36 heavy (non-hydrogen) atoms. The minimum absolute atomic E-state index is 0.0508. The summed E-state index contributed by atoms with van der Waals surface area (Å²) in [6, 6.07) is 27.8. The lowest BCUT2D eigenvalue weighted by molar-refractivity contribution is -0.132. The van der Waals surface area contributed by atoms with Crippen LogP contribution in [-0.2, 0) is 24.3 Å². The first-order chi connectivity index (χ1) is 17.6. The van der Waals surface area contributed by atoms with Crippen molar-refractivity contribution in [3.63, 3.8) is 0 Å². The fourth-order valence-electron chi connectivity index (χ4n) is 4.36. The molecule has 186 valence electrons. The number of nitrogens with one attached hydrogen (secondary N) is 2. The van der Waals surface area contributed by atoms with E-state index >= 15 is 0 Å². The number of aromatic nitrogens is 1. The van der Waals surface area contributed by atoms with E-state index < -0.39 is 0 Å². The molecule has 0 radical (unpaired) electrons. The minimum Gasteiger partial charge on any atom is -0.361 e. The molecule has 3 amide bonds. The number of para-hydroxylation sites is 1. The van der Waals surface area contributed by atoms with Gasteiger partial charge in [0.05, 0.1) is 0 Å². The molecule has 2 N–H and O–H groups in total. The Morgan fingerprint density at radius 1 is 0.806 bits per heavy atom. The van der Waals surface area contributed by atoms with Crippen molar-refractivity contribution in [2.75, 3.05) is 19.6 Å². The Bertz CT molecular complexity index is 1250. The molecule has 1 heterocycles. The summed E-state index contributed by atoms with van der Waals surface area (Å²) in [5.41, 5.74) is 4.37. The van der Waals surface area contributed by atoms with Gasteiger partial charge in [-0.1, -0.05) is 85.8 Å². The number of amides is 3. The molecule has 0 aliphatic heterocycles. The molecule has 0 aliphatic rings. The molecule has 6 heteroatoms. The molecule has 6 nitrogen and oxygen atoms in total. The van der Waals surface area contributed by atoms with E-state index in [0.29, 0.717) is 26.2 Å². The predicted molar refractivity (Wildman–Crippen MR) is 144 cm³/mol. The number of H-pyrrole nitrogens is 1. The summed E-state index contributed by atoms with van der Waals surface area (Å²) < 4.78 is 0. The van der Waals surface area contributed by atoms with Crippen LogP contribution in [-0.4, -0.2) is 46.4 Å². The Hall–Kier alpha value is -4.06. The highest BCUT2D eigenvalue weighted by Gasteiger charge is 2.21. The molecule has 0 unspecified atom stereocenters. The maximum atomic E-state index is 13.5. The van der Waals surface area contributed by atoms with E-state index in [1.165, 1.54) is 10.9 Å². The lowest BCUT2D eigenvalue weighted by Gasteiger charge is -2.28. The van der Waals surface area contributed by atoms with Crippen molar-refractivity contribution in [3.05, 3.63) is 108 Å². The molecule has 0 atom stereocenters. The van der Waals surface area contributed by atoms with E-state index in [2.05, 4.69) is 22.4 Å². The summed E-state index contributed by atoms with van der Waals surface area (Å²) in [4.78, 5) is 33.3. The zero-order valence-electron chi connectivity index (χ0n) is 20.8. The highest BCUT2D eigenvalue weighted by atomic mass is 16.2. The van der Waals surface area contributed by atoms with Gasteiger partial charge >= 0.3 is 6.03 Å². The molecule has 1 aromatic heterocycles. The van der Waals surface area contributed by atoms with E-state index in [4.69, 9.17) is 0 Å². The Kier molecular flexibility index (Phi) is 8.76. The van der Waals surface area contributed by atoms with Crippen molar-refractivity contribution in [2.45, 2.75) is 32.9 Å². The van der Waals surface area contributed by atoms with Crippen molar-refractivity contribution in [1.29, 1.82) is 0 Å². The first-order valence-corrected chi connectivity index (χ1v) is 12.6. The number of hydrogen-bond acceptors (Lipinski definition) is 2. The number of hydrogen-bond donors (Lipinski definition) is 2. The van der Waals surface area contributed by atoms with Gasteiger partial charge in [0.1, 0.15) is 6.54 Å². The van der Waals surface area contributed by atoms with Gasteiger partial charge in [0, 0.05) is 43.3 Å². The highest BCUT2D eigenvalue weighted by molar-refractivity contribution is 5.85. The van der Waals surface area contributed by atoms with Crippen LogP contribution >= 0.6 is 0 Å². The summed E-state index contributed by atoms with van der Waals surface area (Å²) >= 11 is 0. The van der Waals surface area contributed by atoms with Crippen molar-refractivity contribution >= 4 is 22.8 Å². The molecular formula is C30H34N4O2. The summed E-state index contributed by atoms with van der Waals surface area (Å²) in [6.07, 6.45) is 3.53. The molecule has 0 saturated carbocycles. The zero-order chi connectivity index (χ0) is 25.2. The van der Waals surface area contributed by atoms with Gasteiger partial charge < -0.3 is 20.1 Å². The third-order valence-electron chi connectivity index (χ3n) is 6.29. The Balaban J connectivity index is 1.44. The SMILES string of the molecule is CCCN(CC(=O)N(CCc1c[nH]c2ccccc12)Cc1ccccc1)C(=O)NCc1ccccc1. The number of carbonyl (C=O) groups is 2. The van der Waals surface area contributed by atoms with E-state index in [9.17, 15) is 9.59 Å². The second-order valence-corrected chi connectivity index (χ2v) is 8.98. The van der Waals surface area contributed by atoms with E-state index in [-0.39, 0.29) is 18.5 Å². The van der Waals surface area contributed by atoms with Gasteiger partial charge in [-0.25, -0.2) is 4.79 Å². The van der Waals surface area contributed by atoms with Crippen LogP contribution in [0.2, 0.25) is 0 Å². The minimum atomic E-state index is -0.217. The Morgan fingerprint density at radius 3 is 2.19 bits per heavy atom. The largest absolute Gasteiger partial charge is 0.361 e. The van der Waals surface area contributed by atoms with Crippen molar-refractivity contribution in [3.8, 4) is 0 Å². The average molecular weight is 483 g/mol. The lowest BCUT2D eigenvalue weighted by atomic mass is 10.1. The van der Waals surface area contributed by atoms with Crippen LogP contribution in [0.25, 0.3) is 10.9 Å². The topological polar surface area (TPSA) is 68.4 Å². The van der Waals surface area contributed by atoms with Crippen LogP contribution in [0.5, 0.6) is 0 Å². The van der Waals surface area contributed by atoms with Gasteiger partial charge in [-0.05, 0) is 35.6 Å². The van der Waals surface area contributed by atoms with Crippen LogP contribution in [0.1, 0.15) is 30.0 Å². The first kappa shape index (κ1) is 25.0. The van der Waals surface area contributed by atoms with Crippen LogP contribution in [0.15, 0.2) is 91.1 Å². The normalized spacial score (nSPS) is 10.8. The number of rotatable bonds is 11. The van der Waals surface area contributed by atoms with Gasteiger partial charge in [0.2, 0.25) is 5.91 Å². The van der Waals surface area contributed by atoms with Crippen LogP contribution < -0.4 is 5.32 Å². The number of carbonyl (C=O) groups excluding carboxylic acids is 2. The smallest absolute Gasteiger partial charge is 0.318 e. The Labute approximate surface area is 212 Å². The zero-order valence-corrected chi connectivity index (χ0v) is 20.8. The first-order valence-electron chi connectivity index (χ1n) is 12.6.